The highest BCUT2D eigenvalue weighted by atomic mass is 35.5. The molecule has 1 aromatic rings. The Hall–Kier alpha value is -1.07. The van der Waals surface area contributed by atoms with Crippen molar-refractivity contribution in [2.45, 2.75) is 12.5 Å². The van der Waals surface area contributed by atoms with Crippen molar-refractivity contribution in [3.63, 3.8) is 0 Å². The van der Waals surface area contributed by atoms with Crippen molar-refractivity contribution in [3.8, 4) is 0 Å². The molecule has 6 heteroatoms. The van der Waals surface area contributed by atoms with Crippen LogP contribution in [-0.4, -0.2) is 34.3 Å². The zero-order valence-electron chi connectivity index (χ0n) is 7.52. The number of aliphatic hydroxyl groups excluding tert-OH is 1. The van der Waals surface area contributed by atoms with Gasteiger partial charge in [0.15, 0.2) is 0 Å². The van der Waals surface area contributed by atoms with E-state index in [-0.39, 0.29) is 12.1 Å². The quantitative estimate of drug-likeness (QED) is 0.657. The summed E-state index contributed by atoms with van der Waals surface area (Å²) >= 11 is 5.74. The molecule has 1 aliphatic heterocycles. The Morgan fingerprint density at radius 1 is 1.57 bits per heavy atom. The molecule has 0 unspecified atom stereocenters. The van der Waals surface area contributed by atoms with E-state index in [4.69, 9.17) is 17.3 Å². The van der Waals surface area contributed by atoms with E-state index < -0.39 is 0 Å². The fourth-order valence-corrected chi connectivity index (χ4v) is 1.72. The summed E-state index contributed by atoms with van der Waals surface area (Å²) in [6, 6.07) is 1.65. The molecule has 2 heterocycles. The minimum Gasteiger partial charge on any atom is -0.391 e. The van der Waals surface area contributed by atoms with E-state index in [9.17, 15) is 5.11 Å². The van der Waals surface area contributed by atoms with Crippen LogP contribution < -0.4 is 10.6 Å². The van der Waals surface area contributed by atoms with Gasteiger partial charge in [-0.15, -0.1) is 0 Å². The van der Waals surface area contributed by atoms with E-state index in [1.54, 1.807) is 6.07 Å². The average molecular weight is 215 g/mol. The largest absolute Gasteiger partial charge is 0.391 e. The summed E-state index contributed by atoms with van der Waals surface area (Å²) in [7, 11) is 0. The molecule has 0 aliphatic carbocycles. The second kappa shape index (κ2) is 3.59. The number of halogens is 1. The van der Waals surface area contributed by atoms with Crippen molar-refractivity contribution in [1.82, 2.24) is 9.97 Å². The lowest BCUT2D eigenvalue weighted by Gasteiger charge is -2.16. The predicted molar refractivity (Wildman–Crippen MR) is 54.3 cm³/mol. The number of nitrogen functional groups attached to an aromatic ring is 1. The van der Waals surface area contributed by atoms with Crippen LogP contribution in [-0.2, 0) is 0 Å². The van der Waals surface area contributed by atoms with Gasteiger partial charge in [-0.1, -0.05) is 11.6 Å². The molecule has 0 amide bonds. The molecule has 76 valence electrons. The number of β-amino-alcohol motifs (C(OH)–C–C–N with tert-alkyl or cyclic N) is 1. The lowest BCUT2D eigenvalue weighted by molar-refractivity contribution is 0.198. The number of anilines is 2. The van der Waals surface area contributed by atoms with Crippen molar-refractivity contribution in [2.24, 2.45) is 0 Å². The van der Waals surface area contributed by atoms with Gasteiger partial charge in [0.1, 0.15) is 11.0 Å². The Morgan fingerprint density at radius 2 is 2.36 bits per heavy atom. The van der Waals surface area contributed by atoms with Crippen LogP contribution in [0.5, 0.6) is 0 Å². The first-order chi connectivity index (χ1) is 6.65. The third kappa shape index (κ3) is 1.88. The van der Waals surface area contributed by atoms with Crippen molar-refractivity contribution in [3.05, 3.63) is 11.2 Å². The van der Waals surface area contributed by atoms with Gasteiger partial charge in [-0.25, -0.2) is 4.98 Å². The lowest BCUT2D eigenvalue weighted by atomic mass is 10.3. The molecule has 1 aromatic heterocycles. The molecule has 5 nitrogen and oxygen atoms in total. The molecule has 1 saturated heterocycles. The van der Waals surface area contributed by atoms with E-state index in [1.165, 1.54) is 0 Å². The molecule has 1 aliphatic rings. The Kier molecular flexibility index (Phi) is 2.43. The van der Waals surface area contributed by atoms with Crippen LogP contribution in [0, 0.1) is 0 Å². The van der Waals surface area contributed by atoms with Gasteiger partial charge in [-0.3, -0.25) is 0 Å². The molecule has 1 atom stereocenters. The molecule has 0 aromatic carbocycles. The second-order valence-electron chi connectivity index (χ2n) is 3.30. The van der Waals surface area contributed by atoms with E-state index >= 15 is 0 Å². The molecule has 0 radical (unpaired) electrons. The molecule has 0 saturated carbocycles. The van der Waals surface area contributed by atoms with Crippen LogP contribution in [0.1, 0.15) is 6.42 Å². The van der Waals surface area contributed by atoms with Crippen molar-refractivity contribution in [1.29, 1.82) is 0 Å². The maximum atomic E-state index is 9.35. The number of nitrogens with zero attached hydrogens (tertiary/aromatic N) is 3. The van der Waals surface area contributed by atoms with Crippen LogP contribution >= 0.6 is 11.6 Å². The molecular weight excluding hydrogens is 204 g/mol. The Balaban J connectivity index is 2.23. The predicted octanol–water partition coefficient (Wildman–Crippen LogP) is 0.283. The highest BCUT2D eigenvalue weighted by Gasteiger charge is 2.21. The van der Waals surface area contributed by atoms with E-state index in [1.807, 2.05) is 4.90 Å². The first-order valence-electron chi connectivity index (χ1n) is 4.38. The third-order valence-electron chi connectivity index (χ3n) is 2.19. The monoisotopic (exact) mass is 214 g/mol. The van der Waals surface area contributed by atoms with Gasteiger partial charge in [-0.2, -0.15) is 4.98 Å². The van der Waals surface area contributed by atoms with Gasteiger partial charge in [0.2, 0.25) is 5.95 Å². The molecule has 0 bridgehead atoms. The summed E-state index contributed by atoms with van der Waals surface area (Å²) in [4.78, 5) is 9.75. The summed E-state index contributed by atoms with van der Waals surface area (Å²) < 4.78 is 0. The van der Waals surface area contributed by atoms with Crippen LogP contribution in [0.25, 0.3) is 0 Å². The van der Waals surface area contributed by atoms with Crippen molar-refractivity contribution >= 4 is 23.4 Å². The zero-order valence-corrected chi connectivity index (χ0v) is 8.28. The number of nitrogens with two attached hydrogens (primary N) is 1. The Labute approximate surface area is 86.5 Å². The number of rotatable bonds is 1. The molecule has 2 rings (SSSR count). The van der Waals surface area contributed by atoms with Crippen molar-refractivity contribution < 1.29 is 5.11 Å². The highest BCUT2D eigenvalue weighted by Crippen LogP contribution is 2.21. The number of hydrogen-bond acceptors (Lipinski definition) is 5. The summed E-state index contributed by atoms with van der Waals surface area (Å²) in [6.45, 7) is 1.35. The SMILES string of the molecule is Nc1nc(Cl)cc(N2CC[C@H](O)C2)n1. The molecule has 1 fully saturated rings. The Morgan fingerprint density at radius 3 is 2.93 bits per heavy atom. The topological polar surface area (TPSA) is 75.3 Å². The maximum Gasteiger partial charge on any atom is 0.223 e. The van der Waals surface area contributed by atoms with Crippen LogP contribution in [0.2, 0.25) is 5.15 Å². The van der Waals surface area contributed by atoms with Gasteiger partial charge in [0.05, 0.1) is 6.10 Å². The van der Waals surface area contributed by atoms with Crippen LogP contribution in [0.4, 0.5) is 11.8 Å². The number of aliphatic hydroxyl groups is 1. The van der Waals surface area contributed by atoms with E-state index in [0.29, 0.717) is 17.5 Å². The fourth-order valence-electron chi connectivity index (χ4n) is 1.53. The van der Waals surface area contributed by atoms with Crippen LogP contribution in [0.15, 0.2) is 6.07 Å². The van der Waals surface area contributed by atoms with Gasteiger partial charge in [-0.05, 0) is 6.42 Å². The summed E-state index contributed by atoms with van der Waals surface area (Å²) in [5.41, 5.74) is 5.47. The molecule has 14 heavy (non-hydrogen) atoms. The zero-order chi connectivity index (χ0) is 10.1. The lowest BCUT2D eigenvalue weighted by Crippen LogP contribution is -2.22. The second-order valence-corrected chi connectivity index (χ2v) is 3.68. The van der Waals surface area contributed by atoms with Gasteiger partial charge in [0, 0.05) is 19.2 Å². The van der Waals surface area contributed by atoms with Gasteiger partial charge < -0.3 is 15.7 Å². The number of hydrogen-bond donors (Lipinski definition) is 2. The molecule has 3 N–H and O–H groups in total. The highest BCUT2D eigenvalue weighted by molar-refractivity contribution is 6.29. The normalized spacial score (nSPS) is 21.6. The van der Waals surface area contributed by atoms with Gasteiger partial charge in [0.25, 0.3) is 0 Å². The summed E-state index contributed by atoms with van der Waals surface area (Å²) in [6.07, 6.45) is 0.464. The van der Waals surface area contributed by atoms with E-state index in [2.05, 4.69) is 9.97 Å². The third-order valence-corrected chi connectivity index (χ3v) is 2.38. The minimum atomic E-state index is -0.287. The molecular formula is C8H11ClN4O. The van der Waals surface area contributed by atoms with Crippen LogP contribution in [0.3, 0.4) is 0 Å². The van der Waals surface area contributed by atoms with Crippen molar-refractivity contribution in [2.75, 3.05) is 23.7 Å². The van der Waals surface area contributed by atoms with Gasteiger partial charge >= 0.3 is 0 Å². The first kappa shape index (κ1) is 9.48. The minimum absolute atomic E-state index is 0.161. The summed E-state index contributed by atoms with van der Waals surface area (Å²) in [5.74, 6) is 0.841. The van der Waals surface area contributed by atoms with E-state index in [0.717, 1.165) is 13.0 Å². The standard InChI is InChI=1S/C8H11ClN4O/c9-6-3-7(12-8(10)11-6)13-2-1-5(14)4-13/h3,5,14H,1-2,4H2,(H2,10,11,12)/t5-/m0/s1. The summed E-state index contributed by atoms with van der Waals surface area (Å²) in [5, 5.41) is 9.68. The molecule has 0 spiro atoms. The average Bonchev–Trinajstić information content (AvgIpc) is 2.50. The first-order valence-corrected chi connectivity index (χ1v) is 4.76. The number of aromatic nitrogens is 2. The Bertz CT molecular complexity index is 326. The fraction of sp³-hybridized carbons (Fsp3) is 0.500. The smallest absolute Gasteiger partial charge is 0.223 e. The maximum absolute atomic E-state index is 9.35.